The summed E-state index contributed by atoms with van der Waals surface area (Å²) in [5, 5.41) is 9.58. The monoisotopic (exact) mass is 430 g/mol. The van der Waals surface area contributed by atoms with Gasteiger partial charge in [-0.1, -0.05) is 30.3 Å². The smallest absolute Gasteiger partial charge is 0.258 e. The van der Waals surface area contributed by atoms with E-state index in [2.05, 4.69) is 20.5 Å². The number of H-pyrrole nitrogens is 1. The molecule has 0 saturated carbocycles. The number of benzene rings is 3. The Balaban J connectivity index is 1.40. The van der Waals surface area contributed by atoms with Crippen LogP contribution in [0.2, 0.25) is 0 Å². The van der Waals surface area contributed by atoms with Crippen LogP contribution >= 0.6 is 0 Å². The molecule has 0 saturated heterocycles. The Bertz CT molecular complexity index is 1190. The van der Waals surface area contributed by atoms with E-state index in [4.69, 9.17) is 14.2 Å². The van der Waals surface area contributed by atoms with Crippen LogP contribution in [0, 0.1) is 0 Å². The van der Waals surface area contributed by atoms with Gasteiger partial charge in [-0.2, -0.15) is 4.98 Å². The van der Waals surface area contributed by atoms with Crippen molar-refractivity contribution in [1.82, 2.24) is 15.2 Å². The normalized spacial score (nSPS) is 10.4. The minimum Gasteiger partial charge on any atom is -0.497 e. The van der Waals surface area contributed by atoms with Crippen LogP contribution in [0.25, 0.3) is 11.4 Å². The molecule has 3 aromatic carbocycles. The summed E-state index contributed by atoms with van der Waals surface area (Å²) in [4.78, 5) is 16.9. The number of ether oxygens (including phenoxy) is 3. The molecule has 0 bridgehead atoms. The van der Waals surface area contributed by atoms with E-state index in [-0.39, 0.29) is 11.9 Å². The number of anilines is 1. The van der Waals surface area contributed by atoms with Crippen molar-refractivity contribution in [2.75, 3.05) is 19.5 Å². The van der Waals surface area contributed by atoms with E-state index in [9.17, 15) is 4.79 Å². The molecular formula is C24H22N4O4. The molecule has 1 heterocycles. The number of hydrogen-bond donors (Lipinski definition) is 2. The molecule has 0 aliphatic rings. The topological polar surface area (TPSA) is 98.4 Å². The maximum absolute atomic E-state index is 12.6. The zero-order valence-corrected chi connectivity index (χ0v) is 17.7. The predicted octanol–water partition coefficient (Wildman–Crippen LogP) is 4.32. The van der Waals surface area contributed by atoms with Gasteiger partial charge >= 0.3 is 0 Å². The molecule has 2 N–H and O–H groups in total. The first-order chi connectivity index (χ1) is 15.7. The van der Waals surface area contributed by atoms with E-state index < -0.39 is 0 Å². The van der Waals surface area contributed by atoms with E-state index in [1.165, 1.54) is 0 Å². The molecule has 4 aromatic rings. The molecule has 8 nitrogen and oxygen atoms in total. The third-order valence-electron chi connectivity index (χ3n) is 4.74. The van der Waals surface area contributed by atoms with Crippen LogP contribution in [0.1, 0.15) is 15.9 Å². The van der Waals surface area contributed by atoms with Crippen molar-refractivity contribution in [2.24, 2.45) is 0 Å². The summed E-state index contributed by atoms with van der Waals surface area (Å²) in [6, 6.07) is 22.1. The lowest BCUT2D eigenvalue weighted by Crippen LogP contribution is -2.12. The third kappa shape index (κ3) is 4.86. The molecule has 4 rings (SSSR count). The van der Waals surface area contributed by atoms with Crippen LogP contribution in [-0.4, -0.2) is 35.3 Å². The lowest BCUT2D eigenvalue weighted by atomic mass is 10.2. The fourth-order valence-electron chi connectivity index (χ4n) is 3.05. The van der Waals surface area contributed by atoms with Gasteiger partial charge in [0, 0.05) is 11.6 Å². The second-order valence-corrected chi connectivity index (χ2v) is 6.83. The Morgan fingerprint density at radius 2 is 1.69 bits per heavy atom. The van der Waals surface area contributed by atoms with Crippen molar-refractivity contribution in [1.29, 1.82) is 0 Å². The van der Waals surface area contributed by atoms with Gasteiger partial charge in [0.1, 0.15) is 23.9 Å². The van der Waals surface area contributed by atoms with E-state index in [1.807, 2.05) is 30.3 Å². The molecule has 8 heteroatoms. The number of carbonyl (C=O) groups is 1. The number of nitrogens with zero attached hydrogens (tertiary/aromatic N) is 2. The lowest BCUT2D eigenvalue weighted by Gasteiger charge is -2.08. The molecule has 0 radical (unpaired) electrons. The standard InChI is InChI=1S/C24H22N4O4/c1-30-19-12-13-20(21(14-19)31-2)22-25-24(28-27-22)26-23(29)17-8-10-18(11-9-17)32-15-16-6-4-3-5-7-16/h3-14H,15H2,1-2H3,(H2,25,26,27,28,29). The molecule has 1 aromatic heterocycles. The van der Waals surface area contributed by atoms with Gasteiger partial charge < -0.3 is 14.2 Å². The van der Waals surface area contributed by atoms with Crippen molar-refractivity contribution in [3.8, 4) is 28.6 Å². The van der Waals surface area contributed by atoms with Crippen LogP contribution in [0.4, 0.5) is 5.95 Å². The van der Waals surface area contributed by atoms with Gasteiger partial charge in [-0.05, 0) is 42.0 Å². The summed E-state index contributed by atoms with van der Waals surface area (Å²) >= 11 is 0. The van der Waals surface area contributed by atoms with Crippen LogP contribution < -0.4 is 19.5 Å². The quantitative estimate of drug-likeness (QED) is 0.432. The molecule has 0 unspecified atom stereocenters. The number of rotatable bonds is 8. The highest BCUT2D eigenvalue weighted by Crippen LogP contribution is 2.31. The fourth-order valence-corrected chi connectivity index (χ4v) is 3.05. The van der Waals surface area contributed by atoms with Crippen molar-refractivity contribution in [3.05, 3.63) is 83.9 Å². The summed E-state index contributed by atoms with van der Waals surface area (Å²) in [6.45, 7) is 0.459. The molecule has 32 heavy (non-hydrogen) atoms. The van der Waals surface area contributed by atoms with Gasteiger partial charge in [0.15, 0.2) is 5.82 Å². The van der Waals surface area contributed by atoms with Gasteiger partial charge in [0.05, 0.1) is 19.8 Å². The molecule has 0 fully saturated rings. The second kappa shape index (κ2) is 9.65. The fraction of sp³-hybridized carbons (Fsp3) is 0.125. The van der Waals surface area contributed by atoms with E-state index in [1.54, 1.807) is 56.7 Å². The maximum atomic E-state index is 12.6. The second-order valence-electron chi connectivity index (χ2n) is 6.83. The van der Waals surface area contributed by atoms with Crippen molar-refractivity contribution in [2.45, 2.75) is 6.61 Å². The van der Waals surface area contributed by atoms with E-state index >= 15 is 0 Å². The predicted molar refractivity (Wildman–Crippen MR) is 120 cm³/mol. The Morgan fingerprint density at radius 3 is 2.41 bits per heavy atom. The summed E-state index contributed by atoms with van der Waals surface area (Å²) in [5.74, 6) is 2.21. The summed E-state index contributed by atoms with van der Waals surface area (Å²) in [7, 11) is 3.14. The van der Waals surface area contributed by atoms with Gasteiger partial charge in [-0.25, -0.2) is 0 Å². The Kier molecular flexibility index (Phi) is 6.31. The average molecular weight is 430 g/mol. The zero-order valence-electron chi connectivity index (χ0n) is 17.7. The lowest BCUT2D eigenvalue weighted by molar-refractivity contribution is 0.102. The Labute approximate surface area is 185 Å². The number of nitrogens with one attached hydrogen (secondary N) is 2. The molecule has 0 aliphatic carbocycles. The molecule has 0 spiro atoms. The summed E-state index contributed by atoms with van der Waals surface area (Å²) in [6.07, 6.45) is 0. The molecule has 162 valence electrons. The first kappa shape index (κ1) is 20.9. The SMILES string of the molecule is COc1ccc(-c2nc(NC(=O)c3ccc(OCc4ccccc4)cc3)n[nH]2)c(OC)c1. The highest BCUT2D eigenvalue weighted by Gasteiger charge is 2.14. The first-order valence-corrected chi connectivity index (χ1v) is 9.89. The number of carbonyl (C=O) groups excluding carboxylic acids is 1. The first-order valence-electron chi connectivity index (χ1n) is 9.89. The molecular weight excluding hydrogens is 408 g/mol. The van der Waals surface area contributed by atoms with Gasteiger partial charge in [0.2, 0.25) is 5.95 Å². The summed E-state index contributed by atoms with van der Waals surface area (Å²) in [5.41, 5.74) is 2.23. The summed E-state index contributed by atoms with van der Waals surface area (Å²) < 4.78 is 16.4. The van der Waals surface area contributed by atoms with Gasteiger partial charge in [-0.15, -0.1) is 5.10 Å². The van der Waals surface area contributed by atoms with Crippen molar-refractivity contribution < 1.29 is 19.0 Å². The number of aromatic amines is 1. The van der Waals surface area contributed by atoms with Crippen molar-refractivity contribution >= 4 is 11.9 Å². The van der Waals surface area contributed by atoms with Crippen molar-refractivity contribution in [3.63, 3.8) is 0 Å². The minimum absolute atomic E-state index is 0.160. The molecule has 0 atom stereocenters. The maximum Gasteiger partial charge on any atom is 0.258 e. The van der Waals surface area contributed by atoms with Crippen LogP contribution in [0.3, 0.4) is 0 Å². The molecule has 0 aliphatic heterocycles. The number of hydrogen-bond acceptors (Lipinski definition) is 6. The number of amides is 1. The largest absolute Gasteiger partial charge is 0.497 e. The third-order valence-corrected chi connectivity index (χ3v) is 4.74. The van der Waals surface area contributed by atoms with Gasteiger partial charge in [0.25, 0.3) is 5.91 Å². The highest BCUT2D eigenvalue weighted by atomic mass is 16.5. The van der Waals surface area contributed by atoms with E-state index in [0.29, 0.717) is 40.8 Å². The van der Waals surface area contributed by atoms with Gasteiger partial charge in [-0.3, -0.25) is 15.2 Å². The van der Waals surface area contributed by atoms with Crippen LogP contribution in [0.15, 0.2) is 72.8 Å². The van der Waals surface area contributed by atoms with E-state index in [0.717, 1.165) is 5.56 Å². The minimum atomic E-state index is -0.327. The Morgan fingerprint density at radius 1 is 0.938 bits per heavy atom. The average Bonchev–Trinajstić information content (AvgIpc) is 3.31. The zero-order chi connectivity index (χ0) is 22.3. The highest BCUT2D eigenvalue weighted by molar-refractivity contribution is 6.03. The Hall–Kier alpha value is -4.33. The molecule has 1 amide bonds. The van der Waals surface area contributed by atoms with Crippen LogP contribution in [-0.2, 0) is 6.61 Å². The number of aromatic nitrogens is 3. The number of methoxy groups -OCH3 is 2. The van der Waals surface area contributed by atoms with Crippen LogP contribution in [0.5, 0.6) is 17.2 Å².